The Hall–Kier alpha value is -2.30. The van der Waals surface area contributed by atoms with Gasteiger partial charge in [0.15, 0.2) is 0 Å². The predicted molar refractivity (Wildman–Crippen MR) is 87.4 cm³/mol. The molecule has 0 aromatic heterocycles. The highest BCUT2D eigenvalue weighted by atomic mass is 16.7. The second kappa shape index (κ2) is 9.25. The number of hydrogen-bond donors (Lipinski definition) is 0. The third-order valence-electron chi connectivity index (χ3n) is 3.55. The molecule has 0 aromatic carbocycles. The highest BCUT2D eigenvalue weighted by Crippen LogP contribution is 2.28. The first kappa shape index (κ1) is 20.7. The summed E-state index contributed by atoms with van der Waals surface area (Å²) in [5.41, 5.74) is -0.704. The zero-order valence-electron chi connectivity index (χ0n) is 15.2. The van der Waals surface area contributed by atoms with Crippen LogP contribution in [-0.2, 0) is 19.0 Å². The lowest BCUT2D eigenvalue weighted by molar-refractivity contribution is -0.130. The number of ether oxygens (including phenoxy) is 3. The molecular formula is C17H26N2O6. The number of carbonyl (C=O) groups is 3. The number of nitrogens with zero attached hydrogens (tertiary/aromatic N) is 2. The topological polar surface area (TPSA) is 106 Å². The number of carbonyl (C=O) groups excluding carboxylic acids is 3. The van der Waals surface area contributed by atoms with Crippen LogP contribution in [0.5, 0.6) is 0 Å². The smallest absolute Gasteiger partial charge is 0.449 e. The number of likely N-dealkylation sites (tertiary alicyclic amines) is 1. The largest absolute Gasteiger partial charge is 0.508 e. The molecule has 1 fully saturated rings. The molecule has 25 heavy (non-hydrogen) atoms. The first-order chi connectivity index (χ1) is 11.7. The molecule has 0 bridgehead atoms. The van der Waals surface area contributed by atoms with E-state index in [1.165, 1.54) is 0 Å². The summed E-state index contributed by atoms with van der Waals surface area (Å²) in [6.07, 6.45) is 0.149. The molecule has 0 aliphatic carbocycles. The lowest BCUT2D eigenvalue weighted by Gasteiger charge is -2.23. The molecular weight excluding hydrogens is 328 g/mol. The molecule has 8 nitrogen and oxygen atoms in total. The number of imide groups is 1. The van der Waals surface area contributed by atoms with Gasteiger partial charge in [-0.3, -0.25) is 4.79 Å². The van der Waals surface area contributed by atoms with Crippen molar-refractivity contribution in [3.63, 3.8) is 0 Å². The molecule has 2 amide bonds. The monoisotopic (exact) mass is 354 g/mol. The van der Waals surface area contributed by atoms with Gasteiger partial charge in [0.1, 0.15) is 12.2 Å². The van der Waals surface area contributed by atoms with Crippen LogP contribution in [0.4, 0.5) is 9.59 Å². The van der Waals surface area contributed by atoms with Crippen LogP contribution in [0.1, 0.15) is 53.4 Å². The Morgan fingerprint density at radius 2 is 2.00 bits per heavy atom. The fraction of sp³-hybridized carbons (Fsp3) is 0.765. The van der Waals surface area contributed by atoms with E-state index >= 15 is 0 Å². The van der Waals surface area contributed by atoms with Crippen molar-refractivity contribution >= 4 is 18.2 Å². The van der Waals surface area contributed by atoms with E-state index in [2.05, 4.69) is 0 Å². The SMILES string of the molecule is CCCCOC(=O)N1C(=O)C(CC#N)CC1COC(=O)OC(C)(C)C. The summed E-state index contributed by atoms with van der Waals surface area (Å²) in [5.74, 6) is -1.07. The fourth-order valence-corrected chi connectivity index (χ4v) is 2.39. The Balaban J connectivity index is 2.71. The minimum absolute atomic E-state index is 0.000507. The molecule has 140 valence electrons. The summed E-state index contributed by atoms with van der Waals surface area (Å²) in [5, 5.41) is 8.83. The Morgan fingerprint density at radius 1 is 1.32 bits per heavy atom. The normalized spacial score (nSPS) is 20.1. The van der Waals surface area contributed by atoms with Gasteiger partial charge in [0.25, 0.3) is 0 Å². The zero-order valence-corrected chi connectivity index (χ0v) is 15.2. The van der Waals surface area contributed by atoms with E-state index in [-0.39, 0.29) is 26.1 Å². The van der Waals surface area contributed by atoms with Crippen LogP contribution in [0, 0.1) is 17.2 Å². The lowest BCUT2D eigenvalue weighted by atomic mass is 10.0. The number of unbranched alkanes of at least 4 members (excludes halogenated alkanes) is 1. The summed E-state index contributed by atoms with van der Waals surface area (Å²) in [6, 6.07) is 1.28. The molecule has 0 spiro atoms. The molecule has 1 aliphatic heterocycles. The van der Waals surface area contributed by atoms with Gasteiger partial charge in [-0.25, -0.2) is 14.5 Å². The van der Waals surface area contributed by atoms with Crippen molar-refractivity contribution in [1.82, 2.24) is 4.90 Å². The van der Waals surface area contributed by atoms with Crippen molar-refractivity contribution < 1.29 is 28.6 Å². The average molecular weight is 354 g/mol. The minimum atomic E-state index is -0.872. The maximum Gasteiger partial charge on any atom is 0.508 e. The van der Waals surface area contributed by atoms with Crippen LogP contribution in [0.15, 0.2) is 0 Å². The van der Waals surface area contributed by atoms with Crippen LogP contribution in [-0.4, -0.2) is 47.9 Å². The maximum atomic E-state index is 12.4. The lowest BCUT2D eigenvalue weighted by Crippen LogP contribution is -2.42. The maximum absolute atomic E-state index is 12.4. The molecule has 1 saturated heterocycles. The van der Waals surface area contributed by atoms with Crippen LogP contribution >= 0.6 is 0 Å². The van der Waals surface area contributed by atoms with Crippen molar-refractivity contribution in [2.75, 3.05) is 13.2 Å². The van der Waals surface area contributed by atoms with Crippen LogP contribution in [0.2, 0.25) is 0 Å². The van der Waals surface area contributed by atoms with E-state index in [1.54, 1.807) is 20.8 Å². The van der Waals surface area contributed by atoms with E-state index in [4.69, 9.17) is 19.5 Å². The summed E-state index contributed by atoms with van der Waals surface area (Å²) in [6.45, 7) is 7.08. The first-order valence-corrected chi connectivity index (χ1v) is 8.42. The predicted octanol–water partition coefficient (Wildman–Crippen LogP) is 3.01. The molecule has 0 aromatic rings. The molecule has 0 radical (unpaired) electrons. The molecule has 8 heteroatoms. The van der Waals surface area contributed by atoms with Crippen LogP contribution < -0.4 is 0 Å². The summed E-state index contributed by atoms with van der Waals surface area (Å²) >= 11 is 0. The minimum Gasteiger partial charge on any atom is -0.449 e. The second-order valence-electron chi connectivity index (χ2n) is 6.90. The molecule has 2 unspecified atom stereocenters. The number of amides is 2. The molecule has 1 aliphatic rings. The third-order valence-corrected chi connectivity index (χ3v) is 3.55. The Bertz CT molecular complexity index is 534. The van der Waals surface area contributed by atoms with E-state index < -0.39 is 35.7 Å². The summed E-state index contributed by atoms with van der Waals surface area (Å²) < 4.78 is 15.2. The third kappa shape index (κ3) is 6.61. The average Bonchev–Trinajstić information content (AvgIpc) is 2.80. The standard InChI is InChI=1S/C17H26N2O6/c1-5-6-9-23-15(21)19-13(10-12(7-8-18)14(19)20)11-24-16(22)25-17(2,3)4/h12-13H,5-7,9-11H2,1-4H3. The van der Waals surface area contributed by atoms with Gasteiger partial charge in [0.05, 0.1) is 24.6 Å². The Labute approximate surface area is 148 Å². The van der Waals surface area contributed by atoms with Crippen LogP contribution in [0.3, 0.4) is 0 Å². The van der Waals surface area contributed by atoms with Gasteiger partial charge in [-0.1, -0.05) is 13.3 Å². The molecule has 2 atom stereocenters. The van der Waals surface area contributed by atoms with E-state index in [0.29, 0.717) is 6.42 Å². The van der Waals surface area contributed by atoms with Crippen LogP contribution in [0.25, 0.3) is 0 Å². The van der Waals surface area contributed by atoms with Gasteiger partial charge in [0.2, 0.25) is 5.91 Å². The van der Waals surface area contributed by atoms with Gasteiger partial charge in [0, 0.05) is 6.42 Å². The highest BCUT2D eigenvalue weighted by Gasteiger charge is 2.44. The van der Waals surface area contributed by atoms with E-state index in [1.807, 2.05) is 13.0 Å². The van der Waals surface area contributed by atoms with Gasteiger partial charge < -0.3 is 14.2 Å². The van der Waals surface area contributed by atoms with Crippen molar-refractivity contribution in [3.8, 4) is 6.07 Å². The number of nitriles is 1. The number of rotatable bonds is 6. The van der Waals surface area contributed by atoms with E-state index in [9.17, 15) is 14.4 Å². The molecule has 1 heterocycles. The summed E-state index contributed by atoms with van der Waals surface area (Å²) in [4.78, 5) is 37.2. The Morgan fingerprint density at radius 3 is 2.56 bits per heavy atom. The number of hydrogen-bond acceptors (Lipinski definition) is 7. The van der Waals surface area contributed by atoms with E-state index in [0.717, 1.165) is 11.3 Å². The highest BCUT2D eigenvalue weighted by molar-refractivity contribution is 5.95. The zero-order chi connectivity index (χ0) is 19.0. The molecule has 0 saturated carbocycles. The molecule has 0 N–H and O–H groups in total. The second-order valence-corrected chi connectivity index (χ2v) is 6.90. The summed E-state index contributed by atoms with van der Waals surface area (Å²) in [7, 11) is 0. The van der Waals surface area contributed by atoms with Gasteiger partial charge >= 0.3 is 12.2 Å². The Kier molecular flexibility index (Phi) is 7.68. The molecule has 1 rings (SSSR count). The fourth-order valence-electron chi connectivity index (χ4n) is 2.39. The quantitative estimate of drug-likeness (QED) is 0.533. The van der Waals surface area contributed by atoms with Crippen molar-refractivity contribution in [2.45, 2.75) is 65.0 Å². The van der Waals surface area contributed by atoms with Gasteiger partial charge in [-0.2, -0.15) is 5.26 Å². The van der Waals surface area contributed by atoms with Crippen molar-refractivity contribution in [2.24, 2.45) is 5.92 Å². The van der Waals surface area contributed by atoms with Crippen molar-refractivity contribution in [1.29, 1.82) is 5.26 Å². The van der Waals surface area contributed by atoms with Crippen molar-refractivity contribution in [3.05, 3.63) is 0 Å². The van der Waals surface area contributed by atoms with Gasteiger partial charge in [-0.15, -0.1) is 0 Å². The first-order valence-electron chi connectivity index (χ1n) is 8.42. The van der Waals surface area contributed by atoms with Gasteiger partial charge in [-0.05, 0) is 33.6 Å².